The Balaban J connectivity index is 3.53. The van der Waals surface area contributed by atoms with Crippen molar-refractivity contribution < 1.29 is 52.8 Å². The summed E-state index contributed by atoms with van der Waals surface area (Å²) in [5.41, 5.74) is 0. The lowest BCUT2D eigenvalue weighted by Crippen LogP contribution is -2.62. The molecule has 0 saturated carbocycles. The quantitative estimate of drug-likeness (QED) is 0.428. The van der Waals surface area contributed by atoms with Gasteiger partial charge in [-0.2, -0.15) is 0 Å². The fourth-order valence-electron chi connectivity index (χ4n) is 3.35. The summed E-state index contributed by atoms with van der Waals surface area (Å²) in [6, 6.07) is 0. The van der Waals surface area contributed by atoms with Crippen LogP contribution in [0, 0.1) is 11.8 Å². The summed E-state index contributed by atoms with van der Waals surface area (Å²) in [6.45, 7) is 7.91. The zero-order valence-corrected chi connectivity index (χ0v) is 17.8. The van der Waals surface area contributed by atoms with Gasteiger partial charge < -0.3 is 28.8 Å². The van der Waals surface area contributed by atoms with E-state index in [0.717, 1.165) is 20.8 Å². The average Bonchev–Trinajstić information content (AvgIpc) is 2.55. The maximum Gasteiger partial charge on any atom is 0.305 e. The summed E-state index contributed by atoms with van der Waals surface area (Å²) in [6.07, 6.45) is -6.88. The molecule has 1 heterocycles. The number of esters is 4. The van der Waals surface area contributed by atoms with Gasteiger partial charge in [0, 0.05) is 27.7 Å². The van der Waals surface area contributed by atoms with Crippen LogP contribution in [-0.4, -0.2) is 65.7 Å². The van der Waals surface area contributed by atoms with Crippen molar-refractivity contribution in [3.63, 3.8) is 0 Å². The number of carbonyl (C=O) groups excluding carboxylic acids is 4. The molecule has 0 aromatic heterocycles. The van der Waals surface area contributed by atoms with Crippen molar-refractivity contribution in [2.45, 2.75) is 78.7 Å². The van der Waals surface area contributed by atoms with Gasteiger partial charge in [0.05, 0.1) is 12.3 Å². The molecule has 0 amide bonds. The van der Waals surface area contributed by atoms with E-state index in [1.165, 1.54) is 6.92 Å². The van der Waals surface area contributed by atoms with Crippen LogP contribution in [0.1, 0.15) is 48.0 Å². The van der Waals surface area contributed by atoms with Gasteiger partial charge in [0.25, 0.3) is 0 Å². The molecule has 0 radical (unpaired) electrons. The van der Waals surface area contributed by atoms with Crippen molar-refractivity contribution in [3.8, 4) is 0 Å². The summed E-state index contributed by atoms with van der Waals surface area (Å²) >= 11 is 0. The summed E-state index contributed by atoms with van der Waals surface area (Å²) in [7, 11) is 0. The molecule has 1 aliphatic rings. The lowest BCUT2D eigenvalue weighted by atomic mass is 9.82. The van der Waals surface area contributed by atoms with Gasteiger partial charge in [-0.3, -0.25) is 24.0 Å². The predicted molar refractivity (Wildman–Crippen MR) is 97.7 cm³/mol. The number of hydrogen-bond acceptors (Lipinski definition) is 10. The highest BCUT2D eigenvalue weighted by Crippen LogP contribution is 2.37. The summed E-state index contributed by atoms with van der Waals surface area (Å²) in [5, 5.41) is 9.40. The first-order valence-corrected chi connectivity index (χ1v) is 9.39. The molecule has 11 nitrogen and oxygen atoms in total. The van der Waals surface area contributed by atoms with Crippen LogP contribution in [0.15, 0.2) is 0 Å². The summed E-state index contributed by atoms with van der Waals surface area (Å²) < 4.78 is 26.8. The lowest BCUT2D eigenvalue weighted by Gasteiger charge is -2.46. The summed E-state index contributed by atoms with van der Waals surface area (Å²) in [4.78, 5) is 58.1. The SMILES string of the molecule is CC(=O)OC1O[C@@H]([C@@H](OC(C)=O)C(C)C)[C@H](OC(C)=O)[C@H](CC(=O)O)[C@@H]1OC(C)=O. The first-order valence-electron chi connectivity index (χ1n) is 9.39. The van der Waals surface area contributed by atoms with Crippen LogP contribution in [0.5, 0.6) is 0 Å². The highest BCUT2D eigenvalue weighted by atomic mass is 16.7. The van der Waals surface area contributed by atoms with E-state index < -0.39 is 72.9 Å². The van der Waals surface area contributed by atoms with Gasteiger partial charge in [-0.25, -0.2) is 0 Å². The number of carboxylic acid groups (broad SMARTS) is 1. The van der Waals surface area contributed by atoms with E-state index in [1.54, 1.807) is 13.8 Å². The van der Waals surface area contributed by atoms with E-state index in [9.17, 15) is 29.1 Å². The van der Waals surface area contributed by atoms with Gasteiger partial charge in [-0.05, 0) is 5.92 Å². The molecule has 0 aromatic rings. The van der Waals surface area contributed by atoms with E-state index in [-0.39, 0.29) is 5.92 Å². The fraction of sp³-hybridized carbons (Fsp3) is 0.737. The van der Waals surface area contributed by atoms with Crippen molar-refractivity contribution in [1.82, 2.24) is 0 Å². The van der Waals surface area contributed by atoms with Crippen LogP contribution in [0.4, 0.5) is 0 Å². The van der Waals surface area contributed by atoms with Crippen LogP contribution >= 0.6 is 0 Å². The molecule has 1 unspecified atom stereocenters. The Morgan fingerprint density at radius 3 is 1.73 bits per heavy atom. The Kier molecular flexibility index (Phi) is 9.22. The van der Waals surface area contributed by atoms with E-state index in [4.69, 9.17) is 23.7 Å². The first kappa shape index (κ1) is 25.3. The third-order valence-electron chi connectivity index (χ3n) is 4.31. The van der Waals surface area contributed by atoms with Gasteiger partial charge in [-0.15, -0.1) is 0 Å². The molecule has 30 heavy (non-hydrogen) atoms. The van der Waals surface area contributed by atoms with Gasteiger partial charge in [0.1, 0.15) is 18.3 Å². The molecule has 170 valence electrons. The van der Waals surface area contributed by atoms with Gasteiger partial charge >= 0.3 is 29.8 Å². The molecule has 0 aliphatic carbocycles. The molecule has 1 aliphatic heterocycles. The monoisotopic (exact) mass is 432 g/mol. The van der Waals surface area contributed by atoms with Gasteiger partial charge in [0.2, 0.25) is 6.29 Å². The minimum absolute atomic E-state index is 0.342. The molecular weight excluding hydrogens is 404 g/mol. The van der Waals surface area contributed by atoms with Crippen molar-refractivity contribution >= 4 is 29.8 Å². The molecule has 1 rings (SSSR count). The number of hydrogen-bond donors (Lipinski definition) is 1. The van der Waals surface area contributed by atoms with Crippen LogP contribution < -0.4 is 0 Å². The lowest BCUT2D eigenvalue weighted by molar-refractivity contribution is -0.300. The summed E-state index contributed by atoms with van der Waals surface area (Å²) in [5.74, 6) is -5.70. The van der Waals surface area contributed by atoms with E-state index in [1.807, 2.05) is 0 Å². The van der Waals surface area contributed by atoms with Crippen LogP contribution in [-0.2, 0) is 47.7 Å². The number of carboxylic acids is 1. The van der Waals surface area contributed by atoms with Crippen molar-refractivity contribution in [3.05, 3.63) is 0 Å². The molecule has 0 aromatic carbocycles. The Morgan fingerprint density at radius 1 is 0.833 bits per heavy atom. The first-order chi connectivity index (χ1) is 13.8. The molecule has 0 spiro atoms. The Hall–Kier alpha value is -2.69. The van der Waals surface area contributed by atoms with Crippen molar-refractivity contribution in [2.75, 3.05) is 0 Å². The minimum atomic E-state index is -1.50. The third-order valence-corrected chi connectivity index (χ3v) is 4.31. The van der Waals surface area contributed by atoms with Crippen LogP contribution in [0.25, 0.3) is 0 Å². The Morgan fingerprint density at radius 2 is 1.33 bits per heavy atom. The molecule has 11 heteroatoms. The average molecular weight is 432 g/mol. The molecule has 1 saturated heterocycles. The van der Waals surface area contributed by atoms with E-state index in [2.05, 4.69) is 0 Å². The van der Waals surface area contributed by atoms with Crippen LogP contribution in [0.3, 0.4) is 0 Å². The predicted octanol–water partition coefficient (Wildman–Crippen LogP) is 0.816. The van der Waals surface area contributed by atoms with E-state index in [0.29, 0.717) is 0 Å². The second-order valence-electron chi connectivity index (χ2n) is 7.31. The molecule has 0 bridgehead atoms. The second kappa shape index (κ2) is 10.9. The minimum Gasteiger partial charge on any atom is -0.481 e. The van der Waals surface area contributed by atoms with Crippen molar-refractivity contribution in [2.24, 2.45) is 11.8 Å². The number of aliphatic carboxylic acids is 1. The highest BCUT2D eigenvalue weighted by Gasteiger charge is 2.55. The van der Waals surface area contributed by atoms with Gasteiger partial charge in [0.15, 0.2) is 6.10 Å². The second-order valence-corrected chi connectivity index (χ2v) is 7.31. The fourth-order valence-corrected chi connectivity index (χ4v) is 3.35. The van der Waals surface area contributed by atoms with Crippen molar-refractivity contribution in [1.29, 1.82) is 0 Å². The van der Waals surface area contributed by atoms with Gasteiger partial charge in [-0.1, -0.05) is 13.8 Å². The Labute approximate surface area is 173 Å². The zero-order chi connectivity index (χ0) is 23.2. The van der Waals surface area contributed by atoms with E-state index >= 15 is 0 Å². The highest BCUT2D eigenvalue weighted by molar-refractivity contribution is 5.70. The normalized spacial score (nSPS) is 27.0. The number of rotatable bonds is 8. The number of carbonyl (C=O) groups is 5. The number of ether oxygens (including phenoxy) is 5. The largest absolute Gasteiger partial charge is 0.481 e. The molecular formula is C19H28O11. The third kappa shape index (κ3) is 7.29. The Bertz CT molecular complexity index is 671. The molecule has 1 N–H and O–H groups in total. The maximum atomic E-state index is 11.8. The standard InChI is InChI=1S/C19H28O11/c1-8(2)15(26-9(3)20)18-16(27-10(4)21)13(7-14(24)25)17(28-11(5)22)19(30-18)29-12(6)23/h8,13,15-19H,7H2,1-6H3,(H,24,25)/t13-,15-,16+,17-,18-,19?/m0/s1. The molecule has 1 fully saturated rings. The molecule has 6 atom stereocenters. The topological polar surface area (TPSA) is 152 Å². The smallest absolute Gasteiger partial charge is 0.305 e. The maximum absolute atomic E-state index is 11.8. The zero-order valence-electron chi connectivity index (χ0n) is 17.8. The van der Waals surface area contributed by atoms with Crippen LogP contribution in [0.2, 0.25) is 0 Å².